The van der Waals surface area contributed by atoms with Gasteiger partial charge >= 0.3 is 0 Å². The minimum atomic E-state index is -1.60. The highest BCUT2D eigenvalue weighted by Crippen LogP contribution is 2.31. The Balaban J connectivity index is 1.78. The molecule has 0 amide bonds. The van der Waals surface area contributed by atoms with E-state index in [9.17, 15) is 26.3 Å². The summed E-state index contributed by atoms with van der Waals surface area (Å²) < 4.78 is 81.8. The van der Waals surface area contributed by atoms with E-state index in [1.165, 1.54) is 36.7 Å². The molecule has 4 aromatic rings. The van der Waals surface area contributed by atoms with Crippen LogP contribution < -0.4 is 0 Å². The second kappa shape index (κ2) is 7.62. The van der Waals surface area contributed by atoms with Crippen LogP contribution in [-0.2, 0) is 0 Å². The van der Waals surface area contributed by atoms with Gasteiger partial charge in [0.2, 0.25) is 0 Å². The van der Waals surface area contributed by atoms with Crippen LogP contribution >= 0.6 is 0 Å². The van der Waals surface area contributed by atoms with E-state index in [4.69, 9.17) is 0 Å². The Hall–Kier alpha value is -3.68. The molecule has 2 aromatic carbocycles. The first-order chi connectivity index (χ1) is 14.4. The molecule has 0 unspecified atom stereocenters. The molecular weight excluding hydrogens is 406 g/mol. The first-order valence-corrected chi connectivity index (χ1v) is 8.57. The standard InChI is InChI=1S/C22H10F6N2/c23-15-3-1-13(19(25)21(15)27)11-5-7-29-17(9-11)18-10-12(6-8-30-18)14-2-4-16(24)22(28)20(14)26/h1-10H. The van der Waals surface area contributed by atoms with E-state index in [1.54, 1.807) is 0 Å². The zero-order valence-electron chi connectivity index (χ0n) is 14.9. The largest absolute Gasteiger partial charge is 0.255 e. The lowest BCUT2D eigenvalue weighted by Crippen LogP contribution is -1.96. The second-order valence-electron chi connectivity index (χ2n) is 6.31. The maximum atomic E-state index is 14.1. The molecule has 0 aliphatic heterocycles. The molecule has 30 heavy (non-hydrogen) atoms. The zero-order valence-corrected chi connectivity index (χ0v) is 14.9. The number of benzene rings is 2. The van der Waals surface area contributed by atoms with Crippen LogP contribution in [0.25, 0.3) is 33.6 Å². The van der Waals surface area contributed by atoms with Crippen LogP contribution in [0.5, 0.6) is 0 Å². The van der Waals surface area contributed by atoms with E-state index < -0.39 is 34.9 Å². The Morgan fingerprint density at radius 1 is 0.467 bits per heavy atom. The molecule has 150 valence electrons. The number of hydrogen-bond acceptors (Lipinski definition) is 2. The van der Waals surface area contributed by atoms with Crippen molar-refractivity contribution in [1.82, 2.24) is 9.97 Å². The smallest absolute Gasteiger partial charge is 0.195 e. The van der Waals surface area contributed by atoms with E-state index in [2.05, 4.69) is 9.97 Å². The van der Waals surface area contributed by atoms with Crippen molar-refractivity contribution < 1.29 is 26.3 Å². The third kappa shape index (κ3) is 3.41. The highest BCUT2D eigenvalue weighted by atomic mass is 19.2. The summed E-state index contributed by atoms with van der Waals surface area (Å²) in [4.78, 5) is 8.23. The summed E-state index contributed by atoms with van der Waals surface area (Å²) in [6, 6.07) is 9.38. The molecule has 0 fully saturated rings. The van der Waals surface area contributed by atoms with Crippen molar-refractivity contribution in [2.45, 2.75) is 0 Å². The summed E-state index contributed by atoms with van der Waals surface area (Å²) in [6.07, 6.45) is 2.63. The summed E-state index contributed by atoms with van der Waals surface area (Å²) in [6.45, 7) is 0. The number of pyridine rings is 2. The summed E-state index contributed by atoms with van der Waals surface area (Å²) in [5, 5.41) is 0. The summed E-state index contributed by atoms with van der Waals surface area (Å²) in [7, 11) is 0. The summed E-state index contributed by atoms with van der Waals surface area (Å²) >= 11 is 0. The van der Waals surface area contributed by atoms with Gasteiger partial charge in [0.15, 0.2) is 34.9 Å². The van der Waals surface area contributed by atoms with Gasteiger partial charge in [-0.2, -0.15) is 0 Å². The molecule has 0 aliphatic rings. The molecule has 0 spiro atoms. The Morgan fingerprint density at radius 2 is 0.867 bits per heavy atom. The van der Waals surface area contributed by atoms with Crippen LogP contribution in [0.3, 0.4) is 0 Å². The monoisotopic (exact) mass is 416 g/mol. The molecule has 2 heterocycles. The number of hydrogen-bond donors (Lipinski definition) is 0. The van der Waals surface area contributed by atoms with Crippen LogP contribution in [0.2, 0.25) is 0 Å². The molecule has 0 N–H and O–H groups in total. The fourth-order valence-corrected chi connectivity index (χ4v) is 2.97. The van der Waals surface area contributed by atoms with E-state index in [-0.39, 0.29) is 33.6 Å². The molecular formula is C22H10F6N2. The molecule has 0 radical (unpaired) electrons. The average Bonchev–Trinajstić information content (AvgIpc) is 2.76. The number of nitrogens with zero attached hydrogens (tertiary/aromatic N) is 2. The second-order valence-corrected chi connectivity index (χ2v) is 6.31. The highest BCUT2D eigenvalue weighted by molar-refractivity contribution is 5.73. The molecule has 0 aliphatic carbocycles. The van der Waals surface area contributed by atoms with Crippen molar-refractivity contribution in [3.63, 3.8) is 0 Å². The predicted molar refractivity (Wildman–Crippen MR) is 98.1 cm³/mol. The SMILES string of the molecule is Fc1ccc(-c2ccnc(-c3cc(-c4ccc(F)c(F)c4F)ccn3)c2)c(F)c1F. The van der Waals surface area contributed by atoms with Crippen molar-refractivity contribution in [3.05, 3.63) is 95.8 Å². The average molecular weight is 416 g/mol. The van der Waals surface area contributed by atoms with Gasteiger partial charge in [-0.15, -0.1) is 0 Å². The molecule has 2 nitrogen and oxygen atoms in total. The highest BCUT2D eigenvalue weighted by Gasteiger charge is 2.17. The van der Waals surface area contributed by atoms with Gasteiger partial charge in [0, 0.05) is 23.5 Å². The van der Waals surface area contributed by atoms with Crippen LogP contribution in [-0.4, -0.2) is 9.97 Å². The molecule has 0 saturated carbocycles. The lowest BCUT2D eigenvalue weighted by Gasteiger charge is -2.09. The van der Waals surface area contributed by atoms with Gasteiger partial charge in [0.1, 0.15) is 0 Å². The van der Waals surface area contributed by atoms with Crippen molar-refractivity contribution in [3.8, 4) is 33.6 Å². The van der Waals surface area contributed by atoms with Gasteiger partial charge in [-0.1, -0.05) is 0 Å². The third-order valence-corrected chi connectivity index (χ3v) is 4.47. The van der Waals surface area contributed by atoms with Crippen LogP contribution in [0.15, 0.2) is 60.9 Å². The van der Waals surface area contributed by atoms with Crippen molar-refractivity contribution in [2.24, 2.45) is 0 Å². The maximum Gasteiger partial charge on any atom is 0.195 e. The quantitative estimate of drug-likeness (QED) is 0.289. The van der Waals surface area contributed by atoms with Gasteiger partial charge in [-0.05, 0) is 59.7 Å². The fraction of sp³-hybridized carbons (Fsp3) is 0. The number of aromatic nitrogens is 2. The van der Waals surface area contributed by atoms with E-state index in [0.717, 1.165) is 24.3 Å². The van der Waals surface area contributed by atoms with Gasteiger partial charge in [0.05, 0.1) is 11.4 Å². The van der Waals surface area contributed by atoms with Crippen LogP contribution in [0.1, 0.15) is 0 Å². The Morgan fingerprint density at radius 3 is 1.27 bits per heavy atom. The molecule has 0 atom stereocenters. The fourth-order valence-electron chi connectivity index (χ4n) is 2.97. The minimum absolute atomic E-state index is 0.180. The van der Waals surface area contributed by atoms with E-state index in [0.29, 0.717) is 0 Å². The topological polar surface area (TPSA) is 25.8 Å². The lowest BCUT2D eigenvalue weighted by atomic mass is 10.0. The molecule has 2 aromatic heterocycles. The van der Waals surface area contributed by atoms with E-state index in [1.807, 2.05) is 0 Å². The number of rotatable bonds is 3. The van der Waals surface area contributed by atoms with Gasteiger partial charge in [-0.3, -0.25) is 9.97 Å². The Kier molecular flexibility index (Phi) is 4.99. The maximum absolute atomic E-state index is 14.1. The summed E-state index contributed by atoms with van der Waals surface area (Å²) in [5.74, 6) is -8.52. The normalized spacial score (nSPS) is 11.0. The molecule has 0 bridgehead atoms. The first-order valence-electron chi connectivity index (χ1n) is 8.57. The van der Waals surface area contributed by atoms with Crippen LogP contribution in [0, 0.1) is 34.9 Å². The number of halogens is 6. The Labute approximate surface area is 166 Å². The lowest BCUT2D eigenvalue weighted by molar-refractivity contribution is 0.449. The third-order valence-electron chi connectivity index (χ3n) is 4.47. The van der Waals surface area contributed by atoms with E-state index >= 15 is 0 Å². The first kappa shape index (κ1) is 19.6. The van der Waals surface area contributed by atoms with Gasteiger partial charge in [0.25, 0.3) is 0 Å². The van der Waals surface area contributed by atoms with Gasteiger partial charge in [-0.25, -0.2) is 26.3 Å². The summed E-state index contributed by atoms with van der Waals surface area (Å²) in [5.41, 5.74) is 0.508. The molecule has 4 rings (SSSR count). The van der Waals surface area contributed by atoms with Gasteiger partial charge < -0.3 is 0 Å². The van der Waals surface area contributed by atoms with Crippen LogP contribution in [0.4, 0.5) is 26.3 Å². The van der Waals surface area contributed by atoms with Crippen molar-refractivity contribution in [2.75, 3.05) is 0 Å². The minimum Gasteiger partial charge on any atom is -0.255 e. The van der Waals surface area contributed by atoms with Crippen molar-refractivity contribution >= 4 is 0 Å². The molecule has 8 heteroatoms. The zero-order chi connectivity index (χ0) is 21.4. The predicted octanol–water partition coefficient (Wildman–Crippen LogP) is 6.31. The molecule has 0 saturated heterocycles. The Bertz CT molecular complexity index is 1170. The van der Waals surface area contributed by atoms with Crippen molar-refractivity contribution in [1.29, 1.82) is 0 Å².